The summed E-state index contributed by atoms with van der Waals surface area (Å²) in [5, 5.41) is 10.9. The minimum atomic E-state index is -3.30. The number of hydrogen-bond donors (Lipinski definition) is 2. The van der Waals surface area contributed by atoms with Gasteiger partial charge in [-0.15, -0.1) is 0 Å². The highest BCUT2D eigenvalue weighted by molar-refractivity contribution is 7.90. The highest BCUT2D eigenvalue weighted by Gasteiger charge is 2.13. The summed E-state index contributed by atoms with van der Waals surface area (Å²) < 4.78 is 22.5. The first-order chi connectivity index (χ1) is 8.84. The Bertz CT molecular complexity index is 562. The zero-order chi connectivity index (χ0) is 14.5. The maximum absolute atomic E-state index is 11.7. The third kappa shape index (κ3) is 4.80. The Morgan fingerprint density at radius 2 is 1.79 bits per heavy atom. The van der Waals surface area contributed by atoms with E-state index < -0.39 is 21.5 Å². The van der Waals surface area contributed by atoms with E-state index in [-0.39, 0.29) is 30.0 Å². The molecule has 19 heavy (non-hydrogen) atoms. The van der Waals surface area contributed by atoms with Gasteiger partial charge in [0.15, 0.2) is 15.6 Å². The topological polar surface area (TPSA) is 101 Å². The third-order valence-corrected chi connectivity index (χ3v) is 3.49. The van der Waals surface area contributed by atoms with Crippen molar-refractivity contribution in [1.29, 1.82) is 0 Å². The Balaban J connectivity index is 2.71. The van der Waals surface area contributed by atoms with Crippen molar-refractivity contribution in [3.8, 4) is 0 Å². The Kier molecular flexibility index (Phi) is 5.20. The predicted octanol–water partition coefficient (Wildman–Crippen LogP) is -0.229. The molecule has 0 bridgehead atoms. The van der Waals surface area contributed by atoms with Gasteiger partial charge in [0.1, 0.15) is 0 Å². The van der Waals surface area contributed by atoms with Crippen LogP contribution in [0.5, 0.6) is 0 Å². The molecule has 0 aliphatic carbocycles. The molecular weight excluding hydrogens is 270 g/mol. The number of amides is 1. The number of nitrogens with one attached hydrogen (secondary N) is 1. The zero-order valence-electron chi connectivity index (χ0n) is 10.4. The number of sulfone groups is 1. The highest BCUT2D eigenvalue weighted by Crippen LogP contribution is 2.11. The lowest BCUT2D eigenvalue weighted by Gasteiger charge is -2.04. The van der Waals surface area contributed by atoms with E-state index >= 15 is 0 Å². The van der Waals surface area contributed by atoms with E-state index in [0.29, 0.717) is 0 Å². The van der Waals surface area contributed by atoms with E-state index in [1.54, 1.807) is 0 Å². The molecule has 0 aromatic heterocycles. The molecule has 0 atom stereocenters. The predicted molar refractivity (Wildman–Crippen MR) is 68.6 cm³/mol. The minimum Gasteiger partial charge on any atom is -0.395 e. The second-order valence-corrected chi connectivity index (χ2v) is 5.99. The number of aliphatic hydroxyl groups is 1. The summed E-state index contributed by atoms with van der Waals surface area (Å²) in [4.78, 5) is 23.1. The second-order valence-electron chi connectivity index (χ2n) is 3.97. The highest BCUT2D eigenvalue weighted by atomic mass is 32.2. The van der Waals surface area contributed by atoms with Crippen LogP contribution in [0.25, 0.3) is 0 Å². The molecule has 0 spiro atoms. The number of rotatable bonds is 6. The smallest absolute Gasteiger partial charge is 0.227 e. The second kappa shape index (κ2) is 6.44. The van der Waals surface area contributed by atoms with Gasteiger partial charge >= 0.3 is 0 Å². The van der Waals surface area contributed by atoms with Crippen LogP contribution in [0.15, 0.2) is 29.2 Å². The molecule has 0 aliphatic rings. The summed E-state index contributed by atoms with van der Waals surface area (Å²) in [6.07, 6.45) is 0.740. The number of Topliss-reactive ketones (excluding diaryl/α,β-unsaturated/α-hetero) is 1. The van der Waals surface area contributed by atoms with Gasteiger partial charge in [-0.05, 0) is 12.1 Å². The summed E-state index contributed by atoms with van der Waals surface area (Å²) in [6, 6.07) is 5.40. The van der Waals surface area contributed by atoms with Crippen LogP contribution in [0.1, 0.15) is 16.8 Å². The molecule has 1 aromatic rings. The lowest BCUT2D eigenvalue weighted by Crippen LogP contribution is -2.28. The van der Waals surface area contributed by atoms with Crippen LogP contribution in [0.4, 0.5) is 0 Å². The molecule has 0 fully saturated rings. The molecule has 0 unspecified atom stereocenters. The Morgan fingerprint density at radius 1 is 1.21 bits per heavy atom. The van der Waals surface area contributed by atoms with Crippen LogP contribution in [0.2, 0.25) is 0 Å². The average molecular weight is 285 g/mol. The Labute approximate surface area is 111 Å². The lowest BCUT2D eigenvalue weighted by atomic mass is 10.1. The number of ketones is 1. The van der Waals surface area contributed by atoms with E-state index in [4.69, 9.17) is 5.11 Å². The average Bonchev–Trinajstić information content (AvgIpc) is 2.35. The monoisotopic (exact) mass is 285 g/mol. The largest absolute Gasteiger partial charge is 0.395 e. The third-order valence-electron chi connectivity index (χ3n) is 2.36. The normalized spacial score (nSPS) is 11.1. The van der Waals surface area contributed by atoms with Crippen molar-refractivity contribution in [2.24, 2.45) is 0 Å². The Morgan fingerprint density at radius 3 is 2.26 bits per heavy atom. The molecule has 1 aromatic carbocycles. The molecule has 1 rings (SSSR count). The van der Waals surface area contributed by atoms with Crippen LogP contribution in [-0.2, 0) is 14.6 Å². The summed E-state index contributed by atoms with van der Waals surface area (Å²) in [6.45, 7) is -0.0951. The van der Waals surface area contributed by atoms with Crippen molar-refractivity contribution in [3.63, 3.8) is 0 Å². The molecule has 0 aliphatic heterocycles. The van der Waals surface area contributed by atoms with E-state index in [2.05, 4.69) is 5.32 Å². The maximum atomic E-state index is 11.7. The van der Waals surface area contributed by atoms with Crippen LogP contribution in [0.3, 0.4) is 0 Å². The molecular formula is C12H15NO5S. The molecule has 1 amide bonds. The van der Waals surface area contributed by atoms with E-state index in [0.717, 1.165) is 6.26 Å². The van der Waals surface area contributed by atoms with Gasteiger partial charge in [-0.1, -0.05) is 12.1 Å². The van der Waals surface area contributed by atoms with Crippen LogP contribution in [0, 0.1) is 0 Å². The fourth-order valence-corrected chi connectivity index (χ4v) is 2.02. The molecule has 6 nitrogen and oxygen atoms in total. The number of aliphatic hydroxyl groups excluding tert-OH is 1. The number of hydrogen-bond acceptors (Lipinski definition) is 5. The van der Waals surface area contributed by atoms with Crippen molar-refractivity contribution in [2.45, 2.75) is 11.3 Å². The number of carbonyl (C=O) groups excluding carboxylic acids is 2. The Hall–Kier alpha value is -1.73. The molecule has 0 radical (unpaired) electrons. The van der Waals surface area contributed by atoms with Gasteiger partial charge in [-0.25, -0.2) is 8.42 Å². The van der Waals surface area contributed by atoms with Crippen LogP contribution in [-0.4, -0.2) is 44.6 Å². The number of benzene rings is 1. The summed E-state index contributed by atoms with van der Waals surface area (Å²) >= 11 is 0. The summed E-state index contributed by atoms with van der Waals surface area (Å²) in [5.74, 6) is -0.887. The molecule has 2 N–H and O–H groups in total. The first-order valence-electron chi connectivity index (χ1n) is 5.55. The van der Waals surface area contributed by atoms with E-state index in [9.17, 15) is 18.0 Å². The standard InChI is InChI=1S/C12H15NO5S/c1-19(17,18)10-4-2-9(3-5-10)11(15)8-12(16)13-6-7-14/h2-5,14H,6-8H2,1H3,(H,13,16). The SMILES string of the molecule is CS(=O)(=O)c1ccc(C(=O)CC(=O)NCCO)cc1. The first kappa shape index (κ1) is 15.3. The zero-order valence-corrected chi connectivity index (χ0v) is 11.2. The van der Waals surface area contributed by atoms with Gasteiger partial charge in [0.25, 0.3) is 0 Å². The minimum absolute atomic E-state index is 0.0964. The van der Waals surface area contributed by atoms with Gasteiger partial charge in [0.2, 0.25) is 5.91 Å². The van der Waals surface area contributed by atoms with E-state index in [1.165, 1.54) is 24.3 Å². The molecule has 0 heterocycles. The fourth-order valence-electron chi connectivity index (χ4n) is 1.39. The fraction of sp³-hybridized carbons (Fsp3) is 0.333. The van der Waals surface area contributed by atoms with Crippen molar-refractivity contribution in [2.75, 3.05) is 19.4 Å². The van der Waals surface area contributed by atoms with Crippen molar-refractivity contribution in [3.05, 3.63) is 29.8 Å². The number of carbonyl (C=O) groups is 2. The van der Waals surface area contributed by atoms with Gasteiger partial charge in [-0.3, -0.25) is 9.59 Å². The summed E-state index contributed by atoms with van der Waals surface area (Å²) in [5.41, 5.74) is 0.270. The van der Waals surface area contributed by atoms with Crippen LogP contribution >= 0.6 is 0 Å². The van der Waals surface area contributed by atoms with Gasteiger partial charge in [0.05, 0.1) is 17.9 Å². The van der Waals surface area contributed by atoms with Gasteiger partial charge in [-0.2, -0.15) is 0 Å². The lowest BCUT2D eigenvalue weighted by molar-refractivity contribution is -0.120. The molecule has 0 saturated carbocycles. The van der Waals surface area contributed by atoms with Crippen LogP contribution < -0.4 is 5.32 Å². The molecule has 0 saturated heterocycles. The van der Waals surface area contributed by atoms with Gasteiger partial charge < -0.3 is 10.4 Å². The van der Waals surface area contributed by atoms with Crippen molar-refractivity contribution in [1.82, 2.24) is 5.32 Å². The summed E-state index contributed by atoms with van der Waals surface area (Å²) in [7, 11) is -3.30. The molecule has 7 heteroatoms. The van der Waals surface area contributed by atoms with E-state index in [1.807, 2.05) is 0 Å². The van der Waals surface area contributed by atoms with Crippen molar-refractivity contribution >= 4 is 21.5 Å². The van der Waals surface area contributed by atoms with Crippen molar-refractivity contribution < 1.29 is 23.1 Å². The quantitative estimate of drug-likeness (QED) is 0.555. The van der Waals surface area contributed by atoms with Gasteiger partial charge in [0, 0.05) is 18.4 Å². The first-order valence-corrected chi connectivity index (χ1v) is 7.44. The molecule has 104 valence electrons. The maximum Gasteiger partial charge on any atom is 0.227 e.